The minimum Gasteiger partial charge on any atom is -0.495 e. The fourth-order valence-corrected chi connectivity index (χ4v) is 2.67. The van der Waals surface area contributed by atoms with Gasteiger partial charge in [0.15, 0.2) is 0 Å². The van der Waals surface area contributed by atoms with E-state index < -0.39 is 5.97 Å². The zero-order valence-corrected chi connectivity index (χ0v) is 11.8. The Bertz CT molecular complexity index is 794. The number of rotatable bonds is 4. The molecule has 106 valence electrons. The molecule has 6 nitrogen and oxygen atoms in total. The molecule has 0 radical (unpaired) electrons. The van der Waals surface area contributed by atoms with Gasteiger partial charge in [0.25, 0.3) is 5.89 Å². The van der Waals surface area contributed by atoms with Crippen molar-refractivity contribution in [2.45, 2.75) is 0 Å². The maximum absolute atomic E-state index is 11.2. The highest BCUT2D eigenvalue weighted by Crippen LogP contribution is 2.36. The number of ether oxygens (including phenoxy) is 1. The fourth-order valence-electron chi connectivity index (χ4n) is 1.89. The van der Waals surface area contributed by atoms with Crippen LogP contribution in [0.1, 0.15) is 10.4 Å². The van der Waals surface area contributed by atoms with Crippen LogP contribution in [0, 0.1) is 0 Å². The number of methoxy groups -OCH3 is 1. The van der Waals surface area contributed by atoms with Crippen LogP contribution in [-0.2, 0) is 0 Å². The topological polar surface area (TPSA) is 85.5 Å². The lowest BCUT2D eigenvalue weighted by Gasteiger charge is -2.00. The van der Waals surface area contributed by atoms with Gasteiger partial charge in [-0.05, 0) is 23.6 Å². The molecule has 0 unspecified atom stereocenters. The highest BCUT2D eigenvalue weighted by atomic mass is 32.1. The van der Waals surface area contributed by atoms with Gasteiger partial charge in [-0.1, -0.05) is 12.1 Å². The summed E-state index contributed by atoms with van der Waals surface area (Å²) >= 11 is 1.41. The molecule has 0 saturated heterocycles. The minimum atomic E-state index is -1.04. The van der Waals surface area contributed by atoms with Crippen molar-refractivity contribution in [1.82, 2.24) is 10.2 Å². The van der Waals surface area contributed by atoms with E-state index in [4.69, 9.17) is 9.15 Å². The maximum Gasteiger partial charge on any atom is 0.336 e. The fraction of sp³-hybridized carbons (Fsp3) is 0.0714. The van der Waals surface area contributed by atoms with E-state index in [1.165, 1.54) is 17.4 Å². The molecule has 0 atom stereocenters. The molecule has 3 rings (SSSR count). The van der Waals surface area contributed by atoms with Gasteiger partial charge in [-0.3, -0.25) is 0 Å². The summed E-state index contributed by atoms with van der Waals surface area (Å²) in [5.41, 5.74) is 0.505. The van der Waals surface area contributed by atoms with Gasteiger partial charge in [-0.15, -0.1) is 21.5 Å². The number of hydrogen-bond donors (Lipinski definition) is 1. The first-order valence-electron chi connectivity index (χ1n) is 5.98. The predicted molar refractivity (Wildman–Crippen MR) is 76.6 cm³/mol. The van der Waals surface area contributed by atoms with E-state index in [0.29, 0.717) is 22.1 Å². The van der Waals surface area contributed by atoms with Crippen molar-refractivity contribution in [3.05, 3.63) is 41.3 Å². The first kappa shape index (κ1) is 13.3. The van der Waals surface area contributed by atoms with Crippen LogP contribution in [0.25, 0.3) is 22.2 Å². The number of thiophene rings is 1. The second-order valence-electron chi connectivity index (χ2n) is 4.08. The number of aromatic nitrogens is 2. The minimum absolute atomic E-state index is 0.117. The summed E-state index contributed by atoms with van der Waals surface area (Å²) in [7, 11) is 1.56. The Morgan fingerprint density at radius 2 is 2.00 bits per heavy atom. The molecule has 0 aliphatic carbocycles. The Kier molecular flexibility index (Phi) is 3.41. The average Bonchev–Trinajstić information content (AvgIpc) is 3.15. The normalized spacial score (nSPS) is 10.5. The van der Waals surface area contributed by atoms with Crippen molar-refractivity contribution in [3.63, 3.8) is 0 Å². The molecule has 0 spiro atoms. The monoisotopic (exact) mass is 302 g/mol. The molecule has 0 aliphatic heterocycles. The van der Waals surface area contributed by atoms with Gasteiger partial charge < -0.3 is 14.3 Å². The molecule has 0 aliphatic rings. The highest BCUT2D eigenvalue weighted by Gasteiger charge is 2.19. The molecule has 0 saturated carbocycles. The molecule has 21 heavy (non-hydrogen) atoms. The van der Waals surface area contributed by atoms with E-state index in [9.17, 15) is 9.90 Å². The summed E-state index contributed by atoms with van der Waals surface area (Å²) in [6.45, 7) is 0. The molecule has 2 heterocycles. The Labute approximate surface area is 123 Å². The lowest BCUT2D eigenvalue weighted by Crippen LogP contribution is -1.98. The molecule has 0 fully saturated rings. The number of carboxylic acid groups (broad SMARTS) is 1. The summed E-state index contributed by atoms with van der Waals surface area (Å²) < 4.78 is 10.8. The van der Waals surface area contributed by atoms with E-state index in [-0.39, 0.29) is 11.5 Å². The SMILES string of the molecule is COc1ccsc1-c1nnc(-c2ccccc2C(=O)O)o1. The molecule has 7 heteroatoms. The number of carbonyl (C=O) groups is 1. The van der Waals surface area contributed by atoms with Crippen molar-refractivity contribution in [2.75, 3.05) is 7.11 Å². The molecule has 1 N–H and O–H groups in total. The Morgan fingerprint density at radius 3 is 2.76 bits per heavy atom. The summed E-state index contributed by atoms with van der Waals surface area (Å²) in [5.74, 6) is 0.0660. The van der Waals surface area contributed by atoms with Gasteiger partial charge in [-0.2, -0.15) is 0 Å². The molecule has 1 aromatic carbocycles. The Morgan fingerprint density at radius 1 is 1.24 bits per heavy atom. The van der Waals surface area contributed by atoms with Crippen LogP contribution < -0.4 is 4.74 Å². The zero-order valence-electron chi connectivity index (χ0n) is 10.9. The number of hydrogen-bond acceptors (Lipinski definition) is 6. The lowest BCUT2D eigenvalue weighted by molar-refractivity contribution is 0.0697. The Balaban J connectivity index is 2.05. The summed E-state index contributed by atoms with van der Waals surface area (Å²) in [6, 6.07) is 8.29. The van der Waals surface area contributed by atoms with Crippen molar-refractivity contribution in [1.29, 1.82) is 0 Å². The molecule has 0 amide bonds. The predicted octanol–water partition coefficient (Wildman–Crippen LogP) is 3.17. The summed E-state index contributed by atoms with van der Waals surface area (Å²) in [5, 5.41) is 18.9. The molecular formula is C14H10N2O4S. The van der Waals surface area contributed by atoms with Crippen molar-refractivity contribution < 1.29 is 19.1 Å². The van der Waals surface area contributed by atoms with Crippen LogP contribution >= 0.6 is 11.3 Å². The average molecular weight is 302 g/mol. The lowest BCUT2D eigenvalue weighted by atomic mass is 10.1. The molecule has 2 aromatic heterocycles. The van der Waals surface area contributed by atoms with Crippen molar-refractivity contribution in [3.8, 4) is 28.0 Å². The zero-order chi connectivity index (χ0) is 14.8. The molecule has 3 aromatic rings. The third kappa shape index (κ3) is 2.38. The second-order valence-corrected chi connectivity index (χ2v) is 5.00. The van der Waals surface area contributed by atoms with Crippen LogP contribution in [0.3, 0.4) is 0 Å². The smallest absolute Gasteiger partial charge is 0.336 e. The first-order chi connectivity index (χ1) is 10.2. The largest absolute Gasteiger partial charge is 0.495 e. The quantitative estimate of drug-likeness (QED) is 0.796. The van der Waals surface area contributed by atoms with Crippen LogP contribution in [-0.4, -0.2) is 28.4 Å². The van der Waals surface area contributed by atoms with E-state index in [1.54, 1.807) is 31.4 Å². The number of carboxylic acids is 1. The van der Waals surface area contributed by atoms with Gasteiger partial charge in [0.2, 0.25) is 5.89 Å². The number of benzene rings is 1. The Hall–Kier alpha value is -2.67. The number of nitrogens with zero attached hydrogens (tertiary/aromatic N) is 2. The summed E-state index contributed by atoms with van der Waals surface area (Å²) in [4.78, 5) is 11.9. The van der Waals surface area contributed by atoms with Gasteiger partial charge in [0, 0.05) is 0 Å². The molecular weight excluding hydrogens is 292 g/mol. The third-order valence-electron chi connectivity index (χ3n) is 2.86. The van der Waals surface area contributed by atoms with Crippen molar-refractivity contribution >= 4 is 17.3 Å². The van der Waals surface area contributed by atoms with Crippen LogP contribution in [0.15, 0.2) is 40.1 Å². The standard InChI is InChI=1S/C14H10N2O4S/c1-19-10-6-7-21-11(10)13-16-15-12(20-13)8-4-2-3-5-9(8)14(17)18/h2-7H,1H3,(H,17,18). The third-order valence-corrected chi connectivity index (χ3v) is 3.74. The number of aromatic carboxylic acids is 1. The van der Waals surface area contributed by atoms with Gasteiger partial charge in [0.05, 0.1) is 18.2 Å². The molecule has 0 bridgehead atoms. The van der Waals surface area contributed by atoms with Gasteiger partial charge in [-0.25, -0.2) is 4.79 Å². The van der Waals surface area contributed by atoms with Crippen LogP contribution in [0.2, 0.25) is 0 Å². The van der Waals surface area contributed by atoms with E-state index in [1.807, 2.05) is 5.38 Å². The van der Waals surface area contributed by atoms with Crippen molar-refractivity contribution in [2.24, 2.45) is 0 Å². The van der Waals surface area contributed by atoms with E-state index >= 15 is 0 Å². The summed E-state index contributed by atoms with van der Waals surface area (Å²) in [6.07, 6.45) is 0. The first-order valence-corrected chi connectivity index (χ1v) is 6.86. The van der Waals surface area contributed by atoms with Gasteiger partial charge in [0.1, 0.15) is 10.6 Å². The highest BCUT2D eigenvalue weighted by molar-refractivity contribution is 7.13. The second kappa shape index (κ2) is 5.37. The maximum atomic E-state index is 11.2. The van der Waals surface area contributed by atoms with Gasteiger partial charge >= 0.3 is 5.97 Å². The van der Waals surface area contributed by atoms with E-state index in [2.05, 4.69) is 10.2 Å². The van der Waals surface area contributed by atoms with Crippen LogP contribution in [0.5, 0.6) is 5.75 Å². The van der Waals surface area contributed by atoms with Crippen LogP contribution in [0.4, 0.5) is 0 Å². The van der Waals surface area contributed by atoms with E-state index in [0.717, 1.165) is 0 Å².